The molecule has 4 nitrogen and oxygen atoms in total. The Labute approximate surface area is 107 Å². The summed E-state index contributed by atoms with van der Waals surface area (Å²) < 4.78 is 11.4. The number of carbonyl (C=O) groups excluding carboxylic acids is 1. The van der Waals surface area contributed by atoms with Gasteiger partial charge in [0.2, 0.25) is 5.91 Å². The van der Waals surface area contributed by atoms with Gasteiger partial charge in [-0.2, -0.15) is 0 Å². The fourth-order valence-electron chi connectivity index (χ4n) is 2.11. The van der Waals surface area contributed by atoms with Crippen LogP contribution in [0.3, 0.4) is 0 Å². The Morgan fingerprint density at radius 2 is 2.12 bits per heavy atom. The second-order valence-corrected chi connectivity index (χ2v) is 6.37. The largest absolute Gasteiger partial charge is 0.325 e. The lowest BCUT2D eigenvalue weighted by Gasteiger charge is -2.20. The molecular weight excluding hydrogens is 236 g/mol. The minimum absolute atomic E-state index is 0.0278. The number of hydrogen-bond donors (Lipinski definition) is 1. The van der Waals surface area contributed by atoms with Crippen LogP contribution in [0.1, 0.15) is 40.0 Å². The fourth-order valence-corrected chi connectivity index (χ4v) is 2.80. The molecule has 1 heterocycles. The monoisotopic (exact) mass is 260 g/mol. The summed E-state index contributed by atoms with van der Waals surface area (Å²) in [4.78, 5) is 13.9. The Hall–Kier alpha value is -0.420. The van der Waals surface area contributed by atoms with E-state index in [-0.39, 0.29) is 18.1 Å². The predicted molar refractivity (Wildman–Crippen MR) is 71.2 cm³/mol. The van der Waals surface area contributed by atoms with Crippen LogP contribution >= 0.6 is 0 Å². The first-order chi connectivity index (χ1) is 8.10. The van der Waals surface area contributed by atoms with Gasteiger partial charge in [-0.15, -0.1) is 0 Å². The van der Waals surface area contributed by atoms with Crippen molar-refractivity contribution in [2.45, 2.75) is 52.2 Å². The van der Waals surface area contributed by atoms with Gasteiger partial charge in [0.1, 0.15) is 0 Å². The molecule has 1 amide bonds. The first kappa shape index (κ1) is 14.6. The maximum atomic E-state index is 12.1. The van der Waals surface area contributed by atoms with Gasteiger partial charge < -0.3 is 4.90 Å². The molecule has 1 saturated heterocycles. The van der Waals surface area contributed by atoms with Crippen molar-refractivity contribution in [1.82, 2.24) is 10.2 Å². The van der Waals surface area contributed by atoms with E-state index >= 15 is 0 Å². The van der Waals surface area contributed by atoms with Crippen molar-refractivity contribution >= 4 is 16.7 Å². The van der Waals surface area contributed by atoms with Crippen LogP contribution in [0.15, 0.2) is 0 Å². The van der Waals surface area contributed by atoms with E-state index in [0.29, 0.717) is 18.1 Å². The van der Waals surface area contributed by atoms with Gasteiger partial charge in [0.05, 0.1) is 12.2 Å². The Bertz CT molecular complexity index is 284. The topological polar surface area (TPSA) is 49.4 Å². The molecule has 0 aromatic rings. The number of nitrogens with one attached hydrogen (secondary N) is 1. The minimum Gasteiger partial charge on any atom is -0.325 e. The molecular formula is C12H24N2O2S. The molecule has 0 spiro atoms. The zero-order chi connectivity index (χ0) is 12.8. The van der Waals surface area contributed by atoms with Gasteiger partial charge in [-0.3, -0.25) is 14.3 Å². The fraction of sp³-hybridized carbons (Fsp3) is 0.917. The van der Waals surface area contributed by atoms with Crippen LogP contribution in [-0.4, -0.2) is 45.3 Å². The van der Waals surface area contributed by atoms with Crippen LogP contribution in [0.2, 0.25) is 0 Å². The van der Waals surface area contributed by atoms with Crippen molar-refractivity contribution in [3.05, 3.63) is 0 Å². The molecule has 1 aliphatic rings. The summed E-state index contributed by atoms with van der Waals surface area (Å²) in [7, 11) is -0.791. The molecule has 0 aliphatic carbocycles. The zero-order valence-electron chi connectivity index (χ0n) is 11.1. The number of carbonyl (C=O) groups is 1. The van der Waals surface area contributed by atoms with Crippen molar-refractivity contribution in [3.63, 3.8) is 0 Å². The lowest BCUT2D eigenvalue weighted by molar-refractivity contribution is -0.129. The molecule has 1 rings (SSSR count). The molecule has 0 aromatic heterocycles. The SMILES string of the molecule is CCCCC1NC(C)N(CCS(=O)CC)C1=O. The van der Waals surface area contributed by atoms with Gasteiger partial charge in [0, 0.05) is 28.9 Å². The Balaban J connectivity index is 2.44. The van der Waals surface area contributed by atoms with E-state index in [2.05, 4.69) is 12.2 Å². The third kappa shape index (κ3) is 4.07. The number of unbranched alkanes of at least 4 members (excludes halogenated alkanes) is 1. The van der Waals surface area contributed by atoms with Crippen LogP contribution in [-0.2, 0) is 15.6 Å². The second-order valence-electron chi connectivity index (χ2n) is 4.50. The number of amides is 1. The van der Waals surface area contributed by atoms with Gasteiger partial charge >= 0.3 is 0 Å². The quantitative estimate of drug-likeness (QED) is 0.745. The normalized spacial score (nSPS) is 26.5. The molecule has 1 fully saturated rings. The van der Waals surface area contributed by atoms with Crippen molar-refractivity contribution < 1.29 is 9.00 Å². The highest BCUT2D eigenvalue weighted by Gasteiger charge is 2.35. The molecule has 100 valence electrons. The maximum Gasteiger partial charge on any atom is 0.241 e. The molecule has 0 aromatic carbocycles. The van der Waals surface area contributed by atoms with Gasteiger partial charge in [-0.05, 0) is 13.3 Å². The molecule has 0 saturated carbocycles. The number of rotatable bonds is 7. The number of nitrogens with zero attached hydrogens (tertiary/aromatic N) is 1. The molecule has 5 heteroatoms. The lowest BCUT2D eigenvalue weighted by atomic mass is 10.1. The van der Waals surface area contributed by atoms with E-state index < -0.39 is 10.8 Å². The summed E-state index contributed by atoms with van der Waals surface area (Å²) in [6, 6.07) is -0.0278. The third-order valence-corrected chi connectivity index (χ3v) is 4.50. The van der Waals surface area contributed by atoms with Crippen LogP contribution in [0.5, 0.6) is 0 Å². The van der Waals surface area contributed by atoms with Crippen LogP contribution in [0, 0.1) is 0 Å². The Morgan fingerprint density at radius 1 is 1.41 bits per heavy atom. The van der Waals surface area contributed by atoms with Gasteiger partial charge in [0.15, 0.2) is 0 Å². The molecule has 1 N–H and O–H groups in total. The first-order valence-corrected chi connectivity index (χ1v) is 8.00. The van der Waals surface area contributed by atoms with E-state index in [1.54, 1.807) is 0 Å². The average molecular weight is 260 g/mol. The minimum atomic E-state index is -0.791. The highest BCUT2D eigenvalue weighted by Crippen LogP contribution is 2.14. The van der Waals surface area contributed by atoms with Crippen molar-refractivity contribution in [2.24, 2.45) is 0 Å². The summed E-state index contributed by atoms with van der Waals surface area (Å²) >= 11 is 0. The highest BCUT2D eigenvalue weighted by atomic mass is 32.2. The van der Waals surface area contributed by atoms with Gasteiger partial charge in [0.25, 0.3) is 0 Å². The van der Waals surface area contributed by atoms with Crippen molar-refractivity contribution in [2.75, 3.05) is 18.1 Å². The molecule has 3 unspecified atom stereocenters. The lowest BCUT2D eigenvalue weighted by Crippen LogP contribution is -2.37. The smallest absolute Gasteiger partial charge is 0.241 e. The predicted octanol–water partition coefficient (Wildman–Crippen LogP) is 1.09. The molecule has 1 aliphatic heterocycles. The summed E-state index contributed by atoms with van der Waals surface area (Å²) in [6.07, 6.45) is 3.18. The van der Waals surface area contributed by atoms with E-state index in [9.17, 15) is 9.00 Å². The van der Waals surface area contributed by atoms with Crippen molar-refractivity contribution in [1.29, 1.82) is 0 Å². The molecule has 17 heavy (non-hydrogen) atoms. The second kappa shape index (κ2) is 7.11. The third-order valence-electron chi connectivity index (χ3n) is 3.22. The van der Waals surface area contributed by atoms with Crippen molar-refractivity contribution in [3.8, 4) is 0 Å². The van der Waals surface area contributed by atoms with E-state index in [1.807, 2.05) is 18.7 Å². The summed E-state index contributed by atoms with van der Waals surface area (Å²) in [5, 5.41) is 3.31. The van der Waals surface area contributed by atoms with E-state index in [4.69, 9.17) is 0 Å². The zero-order valence-corrected chi connectivity index (χ0v) is 11.9. The van der Waals surface area contributed by atoms with E-state index in [1.165, 1.54) is 0 Å². The standard InChI is InChI=1S/C12H24N2O2S/c1-4-6-7-11-12(15)14(10(3)13-11)8-9-17(16)5-2/h10-11,13H,4-9H2,1-3H3. The molecule has 0 radical (unpaired) electrons. The van der Waals surface area contributed by atoms with E-state index in [0.717, 1.165) is 19.3 Å². The van der Waals surface area contributed by atoms with Crippen LogP contribution < -0.4 is 5.32 Å². The summed E-state index contributed by atoms with van der Waals surface area (Å²) in [5.74, 6) is 1.44. The Kier molecular flexibility index (Phi) is 6.12. The Morgan fingerprint density at radius 3 is 2.71 bits per heavy atom. The maximum absolute atomic E-state index is 12.1. The summed E-state index contributed by atoms with van der Waals surface area (Å²) in [5.41, 5.74) is 0. The molecule has 0 bridgehead atoms. The van der Waals surface area contributed by atoms with Crippen LogP contribution in [0.4, 0.5) is 0 Å². The average Bonchev–Trinajstić information content (AvgIpc) is 2.59. The molecule has 3 atom stereocenters. The van der Waals surface area contributed by atoms with Gasteiger partial charge in [-0.1, -0.05) is 26.7 Å². The highest BCUT2D eigenvalue weighted by molar-refractivity contribution is 7.84. The number of hydrogen-bond acceptors (Lipinski definition) is 3. The van der Waals surface area contributed by atoms with Gasteiger partial charge in [-0.25, -0.2) is 0 Å². The first-order valence-electron chi connectivity index (χ1n) is 6.51. The van der Waals surface area contributed by atoms with Crippen LogP contribution in [0.25, 0.3) is 0 Å². The summed E-state index contributed by atoms with van der Waals surface area (Å²) in [6.45, 7) is 6.65.